The van der Waals surface area contributed by atoms with E-state index in [-0.39, 0.29) is 22.9 Å². The van der Waals surface area contributed by atoms with Crippen molar-refractivity contribution >= 4 is 32.6 Å². The van der Waals surface area contributed by atoms with Gasteiger partial charge in [0.2, 0.25) is 5.88 Å². The third-order valence-corrected chi connectivity index (χ3v) is 6.63. The molecule has 2 aromatic carbocycles. The van der Waals surface area contributed by atoms with Gasteiger partial charge in [0.15, 0.2) is 0 Å². The molecule has 2 heterocycles. The molecule has 0 unspecified atom stereocenters. The SMILES string of the molecule is COC(=O)c1cnc2ccc(-c3cnc(OC)c(NS(=O)(=O)c4ccc(F)cc4F)c3)cc2c1OC. The van der Waals surface area contributed by atoms with Gasteiger partial charge in [-0.2, -0.15) is 0 Å². The van der Waals surface area contributed by atoms with E-state index in [2.05, 4.69) is 14.7 Å². The number of ether oxygens (including phenoxy) is 3. The number of fused-ring (bicyclic) bond motifs is 1. The van der Waals surface area contributed by atoms with Crippen LogP contribution in [-0.2, 0) is 14.8 Å². The van der Waals surface area contributed by atoms with Crippen molar-refractivity contribution in [1.82, 2.24) is 9.97 Å². The Morgan fingerprint density at radius 1 is 0.917 bits per heavy atom. The topological polar surface area (TPSA) is 117 Å². The standard InChI is InChI=1S/C24H19F2N3O6S/c1-33-22-16-8-13(4-6-19(16)27-12-17(22)24(30)35-3)14-9-20(23(34-2)28-11-14)29-36(31,32)21-7-5-15(25)10-18(21)26/h4-12,29H,1-3H3. The Balaban J connectivity index is 1.80. The van der Waals surface area contributed by atoms with Crippen LogP contribution in [0.2, 0.25) is 0 Å². The first-order valence-electron chi connectivity index (χ1n) is 10.3. The average molecular weight is 515 g/mol. The zero-order valence-electron chi connectivity index (χ0n) is 19.2. The maximum atomic E-state index is 14.2. The van der Waals surface area contributed by atoms with Gasteiger partial charge in [-0.15, -0.1) is 0 Å². The smallest absolute Gasteiger partial charge is 0.343 e. The van der Waals surface area contributed by atoms with E-state index >= 15 is 0 Å². The number of benzene rings is 2. The number of hydrogen-bond acceptors (Lipinski definition) is 8. The van der Waals surface area contributed by atoms with Crippen molar-refractivity contribution in [2.45, 2.75) is 4.90 Å². The molecule has 0 aliphatic rings. The molecule has 0 radical (unpaired) electrons. The number of aromatic nitrogens is 2. The van der Waals surface area contributed by atoms with Crippen LogP contribution in [0.1, 0.15) is 10.4 Å². The Morgan fingerprint density at radius 3 is 2.36 bits per heavy atom. The van der Waals surface area contributed by atoms with Crippen LogP contribution in [-0.4, -0.2) is 45.7 Å². The first-order chi connectivity index (χ1) is 17.2. The Labute approximate surface area is 204 Å². The number of anilines is 1. The van der Waals surface area contributed by atoms with E-state index in [1.807, 2.05) is 0 Å². The normalized spacial score (nSPS) is 11.2. The molecule has 4 rings (SSSR count). The fourth-order valence-electron chi connectivity index (χ4n) is 3.56. The number of methoxy groups -OCH3 is 3. The minimum Gasteiger partial charge on any atom is -0.495 e. The monoisotopic (exact) mass is 515 g/mol. The van der Waals surface area contributed by atoms with E-state index in [0.29, 0.717) is 28.1 Å². The largest absolute Gasteiger partial charge is 0.495 e. The van der Waals surface area contributed by atoms with Crippen LogP contribution in [0, 0.1) is 11.6 Å². The zero-order valence-corrected chi connectivity index (χ0v) is 20.0. The molecular weight excluding hydrogens is 496 g/mol. The van der Waals surface area contributed by atoms with Crippen molar-refractivity contribution in [3.63, 3.8) is 0 Å². The number of sulfonamides is 1. The predicted octanol–water partition coefficient (Wildman–Crippen LogP) is 4.18. The van der Waals surface area contributed by atoms with Gasteiger partial charge in [0.1, 0.15) is 33.5 Å². The van der Waals surface area contributed by atoms with Crippen LogP contribution >= 0.6 is 0 Å². The van der Waals surface area contributed by atoms with Crippen LogP contribution in [0.15, 0.2) is 59.8 Å². The van der Waals surface area contributed by atoms with Crippen LogP contribution in [0.5, 0.6) is 11.6 Å². The highest BCUT2D eigenvalue weighted by molar-refractivity contribution is 7.92. The van der Waals surface area contributed by atoms with Crippen molar-refractivity contribution in [2.75, 3.05) is 26.1 Å². The molecular formula is C24H19F2N3O6S. The summed E-state index contributed by atoms with van der Waals surface area (Å²) in [5.41, 5.74) is 1.63. The highest BCUT2D eigenvalue weighted by Crippen LogP contribution is 2.35. The number of pyridine rings is 2. The molecule has 0 fully saturated rings. The summed E-state index contributed by atoms with van der Waals surface area (Å²) in [5, 5.41) is 0.504. The molecule has 0 saturated carbocycles. The predicted molar refractivity (Wildman–Crippen MR) is 127 cm³/mol. The van der Waals surface area contributed by atoms with Crippen molar-refractivity contribution in [1.29, 1.82) is 0 Å². The van der Waals surface area contributed by atoms with Gasteiger partial charge in [-0.05, 0) is 35.9 Å². The summed E-state index contributed by atoms with van der Waals surface area (Å²) in [5.74, 6) is -2.60. The lowest BCUT2D eigenvalue weighted by molar-refractivity contribution is 0.0597. The second-order valence-corrected chi connectivity index (χ2v) is 9.04. The van der Waals surface area contributed by atoms with Gasteiger partial charge in [0.05, 0.1) is 26.8 Å². The van der Waals surface area contributed by atoms with Crippen molar-refractivity contribution in [2.24, 2.45) is 0 Å². The molecule has 186 valence electrons. The van der Waals surface area contributed by atoms with Gasteiger partial charge in [-0.25, -0.2) is 27.0 Å². The van der Waals surface area contributed by atoms with E-state index in [9.17, 15) is 22.0 Å². The second-order valence-electron chi connectivity index (χ2n) is 7.39. The molecule has 0 aliphatic heterocycles. The molecule has 1 N–H and O–H groups in total. The number of carbonyl (C=O) groups is 1. The average Bonchev–Trinajstić information content (AvgIpc) is 2.86. The molecule has 2 aromatic heterocycles. The molecule has 0 bridgehead atoms. The van der Waals surface area contributed by atoms with E-state index < -0.39 is 32.5 Å². The lowest BCUT2D eigenvalue weighted by atomic mass is 10.0. The Hall–Kier alpha value is -4.32. The molecule has 36 heavy (non-hydrogen) atoms. The lowest BCUT2D eigenvalue weighted by Gasteiger charge is -2.14. The summed E-state index contributed by atoms with van der Waals surface area (Å²) >= 11 is 0. The molecule has 12 heteroatoms. The fraction of sp³-hybridized carbons (Fsp3) is 0.125. The first kappa shape index (κ1) is 24.8. The second kappa shape index (κ2) is 9.74. The van der Waals surface area contributed by atoms with Crippen LogP contribution in [0.4, 0.5) is 14.5 Å². The van der Waals surface area contributed by atoms with Gasteiger partial charge in [-0.1, -0.05) is 6.07 Å². The van der Waals surface area contributed by atoms with Crippen molar-refractivity contribution in [3.05, 3.63) is 72.1 Å². The summed E-state index contributed by atoms with van der Waals surface area (Å²) in [7, 11) is -0.509. The third kappa shape index (κ3) is 4.62. The molecule has 9 nitrogen and oxygen atoms in total. The van der Waals surface area contributed by atoms with E-state index in [1.165, 1.54) is 39.8 Å². The highest BCUT2D eigenvalue weighted by Gasteiger charge is 2.23. The zero-order chi connectivity index (χ0) is 26.0. The maximum Gasteiger partial charge on any atom is 0.343 e. The van der Waals surface area contributed by atoms with Crippen LogP contribution in [0.3, 0.4) is 0 Å². The minimum absolute atomic E-state index is 0.0714. The van der Waals surface area contributed by atoms with Crippen molar-refractivity contribution < 1.29 is 36.2 Å². The molecule has 4 aromatic rings. The van der Waals surface area contributed by atoms with Crippen molar-refractivity contribution in [3.8, 4) is 22.8 Å². The van der Waals surface area contributed by atoms with Crippen LogP contribution < -0.4 is 14.2 Å². The number of carbonyl (C=O) groups excluding carboxylic acids is 1. The Kier molecular flexibility index (Phi) is 6.71. The summed E-state index contributed by atoms with van der Waals surface area (Å²) in [6.45, 7) is 0. The van der Waals surface area contributed by atoms with Gasteiger partial charge >= 0.3 is 5.97 Å². The number of hydrogen-bond donors (Lipinski definition) is 1. The summed E-state index contributed by atoms with van der Waals surface area (Å²) < 4.78 is 70.6. The highest BCUT2D eigenvalue weighted by atomic mass is 32.2. The van der Waals surface area contributed by atoms with Gasteiger partial charge in [0, 0.05) is 29.4 Å². The number of esters is 1. The summed E-state index contributed by atoms with van der Waals surface area (Å²) in [6, 6.07) is 8.66. The molecule has 0 amide bonds. The quantitative estimate of drug-likeness (QED) is 0.365. The maximum absolute atomic E-state index is 14.2. The fourth-order valence-corrected chi connectivity index (χ4v) is 4.67. The lowest BCUT2D eigenvalue weighted by Crippen LogP contribution is -2.15. The van der Waals surface area contributed by atoms with E-state index in [4.69, 9.17) is 14.2 Å². The summed E-state index contributed by atoms with van der Waals surface area (Å²) in [4.78, 5) is 19.8. The third-order valence-electron chi connectivity index (χ3n) is 5.23. The van der Waals surface area contributed by atoms with E-state index in [0.717, 1.165) is 12.1 Å². The van der Waals surface area contributed by atoms with Gasteiger partial charge < -0.3 is 14.2 Å². The molecule has 0 atom stereocenters. The number of nitrogens with one attached hydrogen (secondary N) is 1. The van der Waals surface area contributed by atoms with E-state index in [1.54, 1.807) is 18.2 Å². The molecule has 0 spiro atoms. The first-order valence-corrected chi connectivity index (χ1v) is 11.7. The Bertz CT molecular complexity index is 1590. The van der Waals surface area contributed by atoms with Gasteiger partial charge in [0.25, 0.3) is 10.0 Å². The molecule has 0 aliphatic carbocycles. The molecule has 0 saturated heterocycles. The van der Waals surface area contributed by atoms with Gasteiger partial charge in [-0.3, -0.25) is 9.71 Å². The minimum atomic E-state index is -4.45. The number of nitrogens with zero attached hydrogens (tertiary/aromatic N) is 2. The number of rotatable bonds is 7. The summed E-state index contributed by atoms with van der Waals surface area (Å²) in [6.07, 6.45) is 2.80. The van der Waals surface area contributed by atoms with Crippen LogP contribution in [0.25, 0.3) is 22.0 Å². The number of halogens is 2. The Morgan fingerprint density at radius 2 is 1.69 bits per heavy atom.